The lowest BCUT2D eigenvalue weighted by Gasteiger charge is -1.99. The molecule has 6 heteroatoms. The lowest BCUT2D eigenvalue weighted by Crippen LogP contribution is -2.01. The van der Waals surface area contributed by atoms with Crippen LogP contribution in [0.25, 0.3) is 10.4 Å². The number of carboxylic acid groups (broad SMARTS) is 1. The summed E-state index contributed by atoms with van der Waals surface area (Å²) < 4.78 is 0. The van der Waals surface area contributed by atoms with Crippen molar-refractivity contribution in [3.8, 4) is 0 Å². The van der Waals surface area contributed by atoms with Gasteiger partial charge in [-0.2, -0.15) is 0 Å². The minimum Gasteiger partial charge on any atom is -0.478 e. The van der Waals surface area contributed by atoms with Crippen LogP contribution in [0, 0.1) is 0 Å². The molecule has 0 unspecified atom stereocenters. The van der Waals surface area contributed by atoms with E-state index >= 15 is 0 Å². The van der Waals surface area contributed by atoms with Crippen LogP contribution >= 0.6 is 0 Å². The Labute approximate surface area is 73.2 Å². The van der Waals surface area contributed by atoms with Gasteiger partial charge in [0, 0.05) is 16.3 Å². The second-order valence-corrected chi connectivity index (χ2v) is 2.27. The Morgan fingerprint density at radius 1 is 1.62 bits per heavy atom. The number of benzene rings is 1. The molecule has 0 heterocycles. The van der Waals surface area contributed by atoms with Crippen molar-refractivity contribution in [1.29, 1.82) is 0 Å². The first-order valence-corrected chi connectivity index (χ1v) is 3.33. The summed E-state index contributed by atoms with van der Waals surface area (Å²) in [5.41, 5.74) is 13.9. The zero-order valence-corrected chi connectivity index (χ0v) is 6.51. The second-order valence-electron chi connectivity index (χ2n) is 2.27. The predicted molar refractivity (Wildman–Crippen MR) is 46.6 cm³/mol. The Balaban J connectivity index is 3.19. The standard InChI is InChI=1S/C7H6N4O2/c8-6-3-4(10-11-9)1-2-5(6)7(12)13/h1-3H,8H2,(H,12,13). The highest BCUT2D eigenvalue weighted by atomic mass is 16.4. The van der Waals surface area contributed by atoms with E-state index in [1.165, 1.54) is 18.2 Å². The number of nitrogens with two attached hydrogens (primary N) is 1. The molecule has 1 aromatic rings. The smallest absolute Gasteiger partial charge is 0.337 e. The zero-order valence-electron chi connectivity index (χ0n) is 6.51. The van der Waals surface area contributed by atoms with Crippen LogP contribution in [0.4, 0.5) is 11.4 Å². The number of nitrogens with zero attached hydrogens (tertiary/aromatic N) is 3. The number of anilines is 1. The van der Waals surface area contributed by atoms with Crippen LogP contribution in [-0.2, 0) is 0 Å². The first kappa shape index (κ1) is 8.89. The summed E-state index contributed by atoms with van der Waals surface area (Å²) in [5, 5.41) is 11.9. The van der Waals surface area contributed by atoms with E-state index in [4.69, 9.17) is 16.4 Å². The third kappa shape index (κ3) is 1.88. The topological polar surface area (TPSA) is 112 Å². The number of nitrogen functional groups attached to an aromatic ring is 1. The van der Waals surface area contributed by atoms with Crippen LogP contribution in [0.3, 0.4) is 0 Å². The van der Waals surface area contributed by atoms with Crippen LogP contribution in [-0.4, -0.2) is 11.1 Å². The minimum absolute atomic E-state index is 0.00288. The van der Waals surface area contributed by atoms with Crippen molar-refractivity contribution in [2.24, 2.45) is 5.11 Å². The maximum Gasteiger partial charge on any atom is 0.337 e. The number of hydrogen-bond acceptors (Lipinski definition) is 3. The highest BCUT2D eigenvalue weighted by Crippen LogP contribution is 2.20. The Bertz CT molecular complexity index is 395. The summed E-state index contributed by atoms with van der Waals surface area (Å²) in [4.78, 5) is 13.1. The van der Waals surface area contributed by atoms with E-state index in [2.05, 4.69) is 10.0 Å². The van der Waals surface area contributed by atoms with Crippen molar-refractivity contribution in [2.75, 3.05) is 5.73 Å². The van der Waals surface area contributed by atoms with Crippen LogP contribution in [0.5, 0.6) is 0 Å². The summed E-state index contributed by atoms with van der Waals surface area (Å²) in [6.07, 6.45) is 0. The number of aromatic carboxylic acids is 1. The van der Waals surface area contributed by atoms with Gasteiger partial charge in [0.1, 0.15) is 0 Å². The average Bonchev–Trinajstić information content (AvgIpc) is 2.04. The molecule has 0 amide bonds. The van der Waals surface area contributed by atoms with Crippen LogP contribution in [0.15, 0.2) is 23.3 Å². The normalized spacial score (nSPS) is 8.92. The predicted octanol–water partition coefficient (Wildman–Crippen LogP) is 1.91. The van der Waals surface area contributed by atoms with E-state index in [1.54, 1.807) is 0 Å². The molecular weight excluding hydrogens is 172 g/mol. The Morgan fingerprint density at radius 3 is 2.77 bits per heavy atom. The first-order valence-electron chi connectivity index (χ1n) is 3.33. The molecular formula is C7H6N4O2. The molecule has 1 aromatic carbocycles. The maximum absolute atomic E-state index is 10.5. The van der Waals surface area contributed by atoms with Gasteiger partial charge < -0.3 is 10.8 Å². The summed E-state index contributed by atoms with van der Waals surface area (Å²) in [6, 6.07) is 3.99. The fraction of sp³-hybridized carbons (Fsp3) is 0. The van der Waals surface area contributed by atoms with Crippen LogP contribution in [0.2, 0.25) is 0 Å². The van der Waals surface area contributed by atoms with E-state index < -0.39 is 5.97 Å². The van der Waals surface area contributed by atoms with Crippen molar-refractivity contribution in [3.05, 3.63) is 34.2 Å². The Hall–Kier alpha value is -2.20. The number of carboxylic acids is 1. The van der Waals surface area contributed by atoms with Crippen LogP contribution in [0.1, 0.15) is 10.4 Å². The molecule has 13 heavy (non-hydrogen) atoms. The maximum atomic E-state index is 10.5. The van der Waals surface area contributed by atoms with Gasteiger partial charge in [0.15, 0.2) is 0 Å². The Kier molecular flexibility index (Phi) is 2.37. The van der Waals surface area contributed by atoms with Gasteiger partial charge >= 0.3 is 5.97 Å². The summed E-state index contributed by atoms with van der Waals surface area (Å²) >= 11 is 0. The molecule has 0 aliphatic rings. The van der Waals surface area contributed by atoms with Gasteiger partial charge in [-0.15, -0.1) is 0 Å². The second kappa shape index (κ2) is 3.46. The van der Waals surface area contributed by atoms with Gasteiger partial charge in [-0.05, 0) is 17.7 Å². The molecule has 0 aliphatic heterocycles. The van der Waals surface area contributed by atoms with Crippen molar-refractivity contribution >= 4 is 17.3 Å². The Morgan fingerprint density at radius 2 is 2.31 bits per heavy atom. The van der Waals surface area contributed by atoms with Crippen LogP contribution < -0.4 is 5.73 Å². The third-order valence-corrected chi connectivity index (χ3v) is 1.43. The van der Waals surface area contributed by atoms with E-state index in [0.717, 1.165) is 0 Å². The molecule has 0 fully saturated rings. The molecule has 0 atom stereocenters. The van der Waals surface area contributed by atoms with Crippen molar-refractivity contribution in [2.45, 2.75) is 0 Å². The van der Waals surface area contributed by atoms with Gasteiger partial charge in [-0.1, -0.05) is 11.2 Å². The number of rotatable bonds is 2. The number of carbonyl (C=O) groups is 1. The SMILES string of the molecule is [N-]=[N+]=Nc1ccc(C(=O)O)c(N)c1. The average molecular weight is 178 g/mol. The van der Waals surface area contributed by atoms with Crippen molar-refractivity contribution < 1.29 is 9.90 Å². The zero-order chi connectivity index (χ0) is 9.84. The fourth-order valence-corrected chi connectivity index (χ4v) is 0.859. The molecule has 0 aliphatic carbocycles. The molecule has 66 valence electrons. The molecule has 3 N–H and O–H groups in total. The molecule has 0 aromatic heterocycles. The summed E-state index contributed by atoms with van der Waals surface area (Å²) in [7, 11) is 0. The van der Waals surface area contributed by atoms with E-state index in [1.807, 2.05) is 0 Å². The third-order valence-electron chi connectivity index (χ3n) is 1.43. The molecule has 0 radical (unpaired) electrons. The van der Waals surface area contributed by atoms with Gasteiger partial charge in [0.25, 0.3) is 0 Å². The monoisotopic (exact) mass is 178 g/mol. The molecule has 0 saturated heterocycles. The van der Waals surface area contributed by atoms with Crippen molar-refractivity contribution in [1.82, 2.24) is 0 Å². The number of hydrogen-bond donors (Lipinski definition) is 2. The lowest BCUT2D eigenvalue weighted by atomic mass is 10.1. The van der Waals surface area contributed by atoms with Gasteiger partial charge in [0.05, 0.1) is 5.56 Å². The fourth-order valence-electron chi connectivity index (χ4n) is 0.859. The highest BCUT2D eigenvalue weighted by molar-refractivity contribution is 5.94. The number of azide groups is 1. The molecule has 0 saturated carbocycles. The van der Waals surface area contributed by atoms with E-state index in [9.17, 15) is 4.79 Å². The summed E-state index contributed by atoms with van der Waals surface area (Å²) in [5.74, 6) is -1.11. The first-order chi connectivity index (χ1) is 6.15. The van der Waals surface area contributed by atoms with Gasteiger partial charge in [-0.3, -0.25) is 0 Å². The van der Waals surface area contributed by atoms with Gasteiger partial charge in [-0.25, -0.2) is 4.79 Å². The molecule has 0 bridgehead atoms. The molecule has 6 nitrogen and oxygen atoms in total. The van der Waals surface area contributed by atoms with Crippen molar-refractivity contribution in [3.63, 3.8) is 0 Å². The highest BCUT2D eigenvalue weighted by Gasteiger charge is 2.06. The summed E-state index contributed by atoms with van der Waals surface area (Å²) in [6.45, 7) is 0. The van der Waals surface area contributed by atoms with Gasteiger partial charge in [0.2, 0.25) is 0 Å². The lowest BCUT2D eigenvalue weighted by molar-refractivity contribution is 0.0698. The van der Waals surface area contributed by atoms with E-state index in [0.29, 0.717) is 5.69 Å². The quantitative estimate of drug-likeness (QED) is 0.312. The van der Waals surface area contributed by atoms with E-state index in [-0.39, 0.29) is 11.3 Å². The minimum atomic E-state index is -1.11. The molecule has 1 rings (SSSR count). The largest absolute Gasteiger partial charge is 0.478 e. The molecule has 0 spiro atoms.